The van der Waals surface area contributed by atoms with E-state index in [9.17, 15) is 86.3 Å². The van der Waals surface area contributed by atoms with Gasteiger partial charge in [0.05, 0.1) is 33.0 Å². The molecule has 5 rings (SSSR count). The first-order chi connectivity index (χ1) is 28.2. The largest absolute Gasteiger partial charge is 0.469 e. The van der Waals surface area contributed by atoms with Crippen LogP contribution in [0.4, 0.5) is 0 Å². The van der Waals surface area contributed by atoms with Crippen molar-refractivity contribution in [1.82, 2.24) is 0 Å². The molecular weight excluding hydrogens is 915 g/mol. The van der Waals surface area contributed by atoms with Crippen LogP contribution in [0.1, 0.15) is 0 Å². The van der Waals surface area contributed by atoms with Gasteiger partial charge in [-0.2, -0.15) is 0 Å². The molecule has 5 heterocycles. The Morgan fingerprint density at radius 3 is 1.05 bits per heavy atom. The molecule has 0 saturated carbocycles. The summed E-state index contributed by atoms with van der Waals surface area (Å²) in [6.07, 6.45) is -49.2. The van der Waals surface area contributed by atoms with Gasteiger partial charge in [-0.25, -0.2) is 4.57 Å². The van der Waals surface area contributed by atoms with Crippen LogP contribution in [0, 0.1) is 0 Å². The molecular formula is C30H53O29P. The van der Waals surface area contributed by atoms with Gasteiger partial charge in [-0.15, -0.1) is 0 Å². The van der Waals surface area contributed by atoms with Gasteiger partial charge in [0.1, 0.15) is 122 Å². The molecule has 0 amide bonds. The quantitative estimate of drug-likeness (QED) is 0.0678. The van der Waals surface area contributed by atoms with Crippen LogP contribution in [0.15, 0.2) is 0 Å². The van der Waals surface area contributed by atoms with E-state index in [1.807, 2.05) is 0 Å². The lowest BCUT2D eigenvalue weighted by atomic mass is 11.8. The molecule has 29 nitrogen and oxygen atoms in total. The van der Waals surface area contributed by atoms with Gasteiger partial charge in [0.2, 0.25) is 0 Å². The molecule has 0 aromatic rings. The Morgan fingerprint density at radius 2 is 0.683 bits per heavy atom. The van der Waals surface area contributed by atoms with Crippen LogP contribution in [-0.2, 0) is 51.7 Å². The van der Waals surface area contributed by atoms with Crippen LogP contribution in [0.2, 0.25) is 0 Å². The molecule has 5 fully saturated rings. The number of rotatable bonds is 15. The summed E-state index contributed by atoms with van der Waals surface area (Å²) in [6, 6.07) is 0. The van der Waals surface area contributed by atoms with E-state index >= 15 is 0 Å². The van der Waals surface area contributed by atoms with Crippen molar-refractivity contribution in [1.29, 1.82) is 0 Å². The van der Waals surface area contributed by atoms with E-state index in [0.717, 1.165) is 0 Å². The molecule has 0 unspecified atom stereocenters. The number of aliphatic hydroxyl groups is 16. The second-order valence-electron chi connectivity index (χ2n) is 14.6. The molecule has 0 aromatic heterocycles. The molecule has 0 aromatic carbocycles. The van der Waals surface area contributed by atoms with Gasteiger partial charge in [0, 0.05) is 0 Å². The van der Waals surface area contributed by atoms with Crippen LogP contribution in [-0.4, -0.2) is 278 Å². The second kappa shape index (κ2) is 21.0. The Balaban J connectivity index is 1.32. The Bertz CT molecular complexity index is 1380. The molecule has 0 radical (unpaired) electrons. The minimum Gasteiger partial charge on any atom is -0.394 e. The molecule has 0 aliphatic carbocycles. The van der Waals surface area contributed by atoms with Crippen molar-refractivity contribution >= 4 is 7.82 Å². The first-order valence-corrected chi connectivity index (χ1v) is 19.9. The third-order valence-electron chi connectivity index (χ3n) is 10.5. The van der Waals surface area contributed by atoms with Crippen LogP contribution < -0.4 is 0 Å². The van der Waals surface area contributed by atoms with Gasteiger partial charge in [-0.3, -0.25) is 4.52 Å². The average Bonchev–Trinajstić information content (AvgIpc) is 3.20. The highest BCUT2D eigenvalue weighted by molar-refractivity contribution is 7.46. The monoisotopic (exact) mass is 968 g/mol. The lowest BCUT2D eigenvalue weighted by Gasteiger charge is -2.49. The van der Waals surface area contributed by atoms with E-state index in [1.54, 1.807) is 0 Å². The molecule has 5 saturated heterocycles. The summed E-state index contributed by atoms with van der Waals surface area (Å²) in [6.45, 7) is -4.90. The SMILES string of the molecule is O=P(O)(O)O[14CH2][14C@H]1O[14C@H](O[14C@@H]2[14C@H](O)[14C@@H](O[14C@@H]3[14C@H](O)[14C@@H](O[14C@@H]4[14C@H](O)[14C@@H](O[14C@H]5[14C@@H](O)[14C@H](O)[14C@@H]([14CH2]O)O[14C@@H]5O)O[14C@H]([14CH2]O)[14C@H]4O)O[14C@H]([14CH2]O)[14C@H]3O)O[14C@H]([14CH2]O)[14C@H]2O)[14C@@H](O)[14C@@H](O)[14C@@H]1O. The third-order valence-corrected chi connectivity index (χ3v) is 11.0. The Hall–Kier alpha value is -0.890. The zero-order valence-corrected chi connectivity index (χ0v) is 31.9. The summed E-state index contributed by atoms with van der Waals surface area (Å²) in [5.41, 5.74) is 0. The number of hydrogen-bond acceptors (Lipinski definition) is 27. The minimum atomic E-state index is -5.14. The molecule has 5 aliphatic rings. The van der Waals surface area contributed by atoms with E-state index in [-0.39, 0.29) is 0 Å². The first kappa shape index (κ1) is 50.1. The third kappa shape index (κ3) is 10.8. The first-order valence-electron chi connectivity index (χ1n) is 18.4. The second-order valence-corrected chi connectivity index (χ2v) is 15.8. The van der Waals surface area contributed by atoms with Crippen molar-refractivity contribution in [3.63, 3.8) is 0 Å². The fourth-order valence-electron chi connectivity index (χ4n) is 7.15. The van der Waals surface area contributed by atoms with E-state index in [2.05, 4.69) is 4.52 Å². The van der Waals surface area contributed by atoms with E-state index < -0.39 is 194 Å². The predicted molar refractivity (Wildman–Crippen MR) is 177 cm³/mol. The maximum absolute atomic E-state index is 11.4. The van der Waals surface area contributed by atoms with Crippen molar-refractivity contribution in [2.24, 2.45) is 0 Å². The number of aliphatic hydroxyl groups excluding tert-OH is 16. The van der Waals surface area contributed by atoms with Crippen molar-refractivity contribution in [2.45, 2.75) is 154 Å². The highest BCUT2D eigenvalue weighted by Crippen LogP contribution is 2.38. The summed E-state index contributed by atoms with van der Waals surface area (Å²) in [7, 11) is -5.14. The summed E-state index contributed by atoms with van der Waals surface area (Å²) in [5, 5.41) is 168. The maximum atomic E-state index is 11.4. The van der Waals surface area contributed by atoms with Crippen molar-refractivity contribution in [2.75, 3.05) is 33.0 Å². The minimum absolute atomic E-state index is 0.819. The molecule has 5 aliphatic heterocycles. The number of phosphoric ester groups is 1. The van der Waals surface area contributed by atoms with Gasteiger partial charge in [0.25, 0.3) is 0 Å². The van der Waals surface area contributed by atoms with Crippen LogP contribution in [0.5, 0.6) is 0 Å². The van der Waals surface area contributed by atoms with E-state index in [0.29, 0.717) is 0 Å². The van der Waals surface area contributed by atoms with Crippen molar-refractivity contribution in [3.05, 3.63) is 0 Å². The Labute approximate surface area is 337 Å². The highest BCUT2D eigenvalue weighted by Gasteiger charge is 2.57. The van der Waals surface area contributed by atoms with Crippen LogP contribution in [0.25, 0.3) is 0 Å². The zero-order chi connectivity index (χ0) is 44.5. The lowest BCUT2D eigenvalue weighted by Crippen LogP contribution is -2.68. The Kier molecular flexibility index (Phi) is 17.5. The summed E-state index contributed by atoms with van der Waals surface area (Å²) in [5.74, 6) is 0. The van der Waals surface area contributed by atoms with Gasteiger partial charge in [0.15, 0.2) is 31.5 Å². The molecule has 60 heavy (non-hydrogen) atoms. The Morgan fingerprint density at radius 1 is 0.367 bits per heavy atom. The van der Waals surface area contributed by atoms with Gasteiger partial charge in [-0.05, 0) is 0 Å². The standard InChI is InChI=1S/C30H53O29P/c31-1-6-11(35)17(41)25(26(46)51-6)59-30-21(45)24(15(39)9(4-34)54-30)58-29-20(44)23(14(38)8(3-33)53-29)57-28-19(43)22(13(37)7(2-32)52-28)56-27-18(42)16(40)12(36)10(55-27)5-50-60(47,48)49/h6-46H,1-5H2,(H2,47,48,49)/t6-,7-,8-,9-,10-,11-,12-,13-,14-,15-,16+,17+,18+,19+,20+,21+,22+,23+,24+,25+,26+,27-,28-,29-,30-/m1/s1/i1+2,2+2,3+2,4+2,5+2,6+2,7+2,8+2,9+2,10+2,11+2,12+2,13+2,14+2,15+2,16+2,17+2,18+2,19+2,20+2,21+2,22+2,23+2,24+2,25+2,26+2,27+2,28+2,29+2,30+2. The smallest absolute Gasteiger partial charge is 0.394 e. The van der Waals surface area contributed by atoms with Gasteiger partial charge >= 0.3 is 7.82 Å². The van der Waals surface area contributed by atoms with Gasteiger partial charge < -0.3 is 134 Å². The normalized spacial score (nSPS) is 50.7. The lowest BCUT2D eigenvalue weighted by molar-refractivity contribution is -0.396. The zero-order valence-electron chi connectivity index (χ0n) is 31.0. The topological polar surface area (TPSA) is 474 Å². The van der Waals surface area contributed by atoms with E-state index in [4.69, 9.17) is 52.4 Å². The molecule has 18 N–H and O–H groups in total. The molecule has 352 valence electrons. The summed E-state index contributed by atoms with van der Waals surface area (Å²) >= 11 is 0. The van der Waals surface area contributed by atoms with Crippen molar-refractivity contribution in [3.8, 4) is 0 Å². The summed E-state index contributed by atoms with van der Waals surface area (Å²) < 4.78 is 64.4. The molecule has 0 spiro atoms. The maximum Gasteiger partial charge on any atom is 0.469 e. The predicted octanol–water partition coefficient (Wildman–Crippen LogP) is -11.8. The number of phosphoric acid groups is 1. The molecule has 30 heteroatoms. The number of ether oxygens (including phenoxy) is 9. The summed E-state index contributed by atoms with van der Waals surface area (Å²) in [4.78, 5) is 18.1. The molecule has 0 bridgehead atoms. The average molecular weight is 968 g/mol. The van der Waals surface area contributed by atoms with Gasteiger partial charge in [-0.1, -0.05) is 0 Å². The fraction of sp³-hybridized carbons (Fsp3) is 1.00. The highest BCUT2D eigenvalue weighted by atomic mass is 31.2. The number of hydrogen-bond donors (Lipinski definition) is 18. The van der Waals surface area contributed by atoms with Crippen molar-refractivity contribution < 1.29 is 143 Å². The molecule has 25 atom stereocenters. The van der Waals surface area contributed by atoms with Crippen LogP contribution >= 0.6 is 7.82 Å². The van der Waals surface area contributed by atoms with Crippen LogP contribution in [0.3, 0.4) is 0 Å². The fourth-order valence-corrected chi connectivity index (χ4v) is 7.50. The van der Waals surface area contributed by atoms with E-state index in [1.165, 1.54) is 0 Å².